The monoisotopic (exact) mass is 541 g/mol. The minimum absolute atomic E-state index is 0.279. The highest BCUT2D eigenvalue weighted by Crippen LogP contribution is 2.35. The number of carboxylic acid groups (broad SMARTS) is 1. The van der Waals surface area contributed by atoms with E-state index in [-0.39, 0.29) is 6.04 Å². The molecular formula is C26H26F3N7O3. The molecule has 2 aromatic heterocycles. The molecule has 0 aliphatic carbocycles. The second-order valence-corrected chi connectivity index (χ2v) is 9.24. The number of benzene rings is 2. The van der Waals surface area contributed by atoms with E-state index >= 15 is 0 Å². The fraction of sp³-hybridized carbons (Fsp3) is 0.308. The van der Waals surface area contributed by atoms with Crippen molar-refractivity contribution in [2.24, 2.45) is 0 Å². The van der Waals surface area contributed by atoms with Gasteiger partial charge < -0.3 is 20.9 Å². The van der Waals surface area contributed by atoms with Crippen LogP contribution in [0, 0.1) is 0 Å². The van der Waals surface area contributed by atoms with Gasteiger partial charge in [0.1, 0.15) is 29.3 Å². The molecule has 6 rings (SSSR count). The van der Waals surface area contributed by atoms with Crippen LogP contribution in [0.15, 0.2) is 60.9 Å². The van der Waals surface area contributed by atoms with E-state index in [4.69, 9.17) is 25.5 Å². The second kappa shape index (κ2) is 10.9. The molecule has 10 nitrogen and oxygen atoms in total. The quantitative estimate of drug-likeness (QED) is 0.346. The summed E-state index contributed by atoms with van der Waals surface area (Å²) < 4.78 is 39.7. The lowest BCUT2D eigenvalue weighted by Gasteiger charge is -2.35. The Hall–Kier alpha value is -4.23. The smallest absolute Gasteiger partial charge is 0.475 e. The highest BCUT2D eigenvalue weighted by atomic mass is 19.4. The molecule has 0 bridgehead atoms. The predicted octanol–water partition coefficient (Wildman–Crippen LogP) is 3.72. The Kier molecular flexibility index (Phi) is 7.35. The zero-order chi connectivity index (χ0) is 27.6. The van der Waals surface area contributed by atoms with E-state index in [1.165, 1.54) is 6.33 Å². The van der Waals surface area contributed by atoms with Gasteiger partial charge in [0.15, 0.2) is 5.65 Å². The molecule has 0 amide bonds. The number of anilines is 1. The number of carbonyl (C=O) groups is 1. The Labute approximate surface area is 221 Å². The maximum Gasteiger partial charge on any atom is 0.490 e. The lowest BCUT2D eigenvalue weighted by atomic mass is 10.1. The summed E-state index contributed by atoms with van der Waals surface area (Å²) in [4.78, 5) is 20.3. The van der Waals surface area contributed by atoms with E-state index in [1.54, 1.807) is 0 Å². The van der Waals surface area contributed by atoms with Crippen LogP contribution in [0.2, 0.25) is 0 Å². The van der Waals surface area contributed by atoms with E-state index in [0.717, 1.165) is 66.4 Å². The number of para-hydroxylation sites is 1. The number of alkyl halides is 3. The van der Waals surface area contributed by atoms with Gasteiger partial charge in [0.2, 0.25) is 0 Å². The Morgan fingerprint density at radius 1 is 1.03 bits per heavy atom. The van der Waals surface area contributed by atoms with Gasteiger partial charge in [0.05, 0.1) is 11.4 Å². The average molecular weight is 542 g/mol. The summed E-state index contributed by atoms with van der Waals surface area (Å²) in [6.45, 7) is 4.21. The standard InChI is InChI=1S/C24H25N7O.C2HF3O2/c25-23-21-22(16-6-8-20(9-7-16)32-19-4-2-1-3-5-19)29-31(24(21)28-15-27-23)17-10-11-30(14-17)18-12-26-13-18;3-2(4,5)1(6)7/h1-9,15,17-18,26H,10-14H2,(H2,25,27,28);(H,6,7). The number of rotatable bonds is 5. The number of carboxylic acids is 1. The van der Waals surface area contributed by atoms with Crippen molar-refractivity contribution < 1.29 is 27.8 Å². The molecule has 2 fully saturated rings. The van der Waals surface area contributed by atoms with Crippen LogP contribution in [0.3, 0.4) is 0 Å². The van der Waals surface area contributed by atoms with Gasteiger partial charge in [-0.1, -0.05) is 18.2 Å². The first kappa shape index (κ1) is 26.4. The van der Waals surface area contributed by atoms with Gasteiger partial charge in [-0.2, -0.15) is 18.3 Å². The van der Waals surface area contributed by atoms with Crippen LogP contribution >= 0.6 is 0 Å². The molecule has 39 heavy (non-hydrogen) atoms. The largest absolute Gasteiger partial charge is 0.490 e. The van der Waals surface area contributed by atoms with Crippen molar-refractivity contribution in [1.82, 2.24) is 30.0 Å². The lowest BCUT2D eigenvalue weighted by molar-refractivity contribution is -0.192. The van der Waals surface area contributed by atoms with Gasteiger partial charge in [-0.3, -0.25) is 4.90 Å². The SMILES string of the molecule is Nc1ncnc2c1c(-c1ccc(Oc3ccccc3)cc1)nn2C1CCN(C2CNC2)C1.O=C(O)C(F)(F)F. The van der Waals surface area contributed by atoms with Crippen molar-refractivity contribution in [3.8, 4) is 22.8 Å². The van der Waals surface area contributed by atoms with Crippen molar-refractivity contribution in [3.63, 3.8) is 0 Å². The first-order valence-corrected chi connectivity index (χ1v) is 12.3. The van der Waals surface area contributed by atoms with E-state index in [0.29, 0.717) is 11.9 Å². The van der Waals surface area contributed by atoms with Crippen molar-refractivity contribution >= 4 is 22.8 Å². The first-order chi connectivity index (χ1) is 18.7. The van der Waals surface area contributed by atoms with Crippen LogP contribution in [-0.4, -0.2) is 74.1 Å². The number of hydrogen-bond donors (Lipinski definition) is 3. The van der Waals surface area contributed by atoms with Gasteiger partial charge in [-0.25, -0.2) is 19.4 Å². The molecular weight excluding hydrogens is 515 g/mol. The number of nitrogens with one attached hydrogen (secondary N) is 1. The highest BCUT2D eigenvalue weighted by molar-refractivity contribution is 5.98. The molecule has 13 heteroatoms. The molecule has 2 aliphatic rings. The van der Waals surface area contributed by atoms with Crippen molar-refractivity contribution in [2.75, 3.05) is 31.9 Å². The Morgan fingerprint density at radius 2 is 1.69 bits per heavy atom. The minimum atomic E-state index is -5.08. The van der Waals surface area contributed by atoms with Crippen molar-refractivity contribution in [3.05, 3.63) is 60.9 Å². The van der Waals surface area contributed by atoms with Gasteiger partial charge in [-0.05, 0) is 42.8 Å². The number of hydrogen-bond acceptors (Lipinski definition) is 8. The third-order valence-corrected chi connectivity index (χ3v) is 6.68. The number of fused-ring (bicyclic) bond motifs is 1. The maximum absolute atomic E-state index is 10.6. The summed E-state index contributed by atoms with van der Waals surface area (Å²) >= 11 is 0. The molecule has 1 unspecified atom stereocenters. The van der Waals surface area contributed by atoms with Gasteiger partial charge in [-0.15, -0.1) is 0 Å². The molecule has 4 heterocycles. The molecule has 4 N–H and O–H groups in total. The molecule has 2 aromatic carbocycles. The van der Waals surface area contributed by atoms with Gasteiger partial charge in [0.25, 0.3) is 0 Å². The Bertz CT molecular complexity index is 1440. The van der Waals surface area contributed by atoms with E-state index in [9.17, 15) is 13.2 Å². The topological polar surface area (TPSA) is 131 Å². The fourth-order valence-corrected chi connectivity index (χ4v) is 4.59. The van der Waals surface area contributed by atoms with Gasteiger partial charge in [0, 0.05) is 37.8 Å². The second-order valence-electron chi connectivity index (χ2n) is 9.24. The number of nitrogen functional groups attached to an aromatic ring is 1. The fourth-order valence-electron chi connectivity index (χ4n) is 4.59. The number of aliphatic carboxylic acids is 1. The molecule has 0 spiro atoms. The molecule has 204 valence electrons. The third-order valence-electron chi connectivity index (χ3n) is 6.68. The maximum atomic E-state index is 10.6. The minimum Gasteiger partial charge on any atom is -0.475 e. The molecule has 2 aliphatic heterocycles. The predicted molar refractivity (Wildman–Crippen MR) is 137 cm³/mol. The zero-order valence-corrected chi connectivity index (χ0v) is 20.7. The number of halogens is 3. The molecule has 4 aromatic rings. The van der Waals surface area contributed by atoms with Crippen LogP contribution < -0.4 is 15.8 Å². The van der Waals surface area contributed by atoms with Gasteiger partial charge >= 0.3 is 12.1 Å². The molecule has 0 saturated carbocycles. The summed E-state index contributed by atoms with van der Waals surface area (Å²) in [7, 11) is 0. The van der Waals surface area contributed by atoms with Crippen LogP contribution in [0.25, 0.3) is 22.3 Å². The first-order valence-electron chi connectivity index (χ1n) is 12.3. The number of likely N-dealkylation sites (tertiary alicyclic amines) is 1. The van der Waals surface area contributed by atoms with Crippen molar-refractivity contribution in [1.29, 1.82) is 0 Å². The number of ether oxygens (including phenoxy) is 1. The van der Waals surface area contributed by atoms with E-state index < -0.39 is 12.1 Å². The van der Waals surface area contributed by atoms with Crippen molar-refractivity contribution in [2.45, 2.75) is 24.7 Å². The summed E-state index contributed by atoms with van der Waals surface area (Å²) in [6.07, 6.45) is -2.50. The third kappa shape index (κ3) is 5.78. The molecule has 2 saturated heterocycles. The summed E-state index contributed by atoms with van der Waals surface area (Å²) in [5.41, 5.74) is 8.88. The van der Waals surface area contributed by atoms with Crippen LogP contribution in [0.1, 0.15) is 12.5 Å². The highest BCUT2D eigenvalue weighted by Gasteiger charge is 2.38. The number of nitrogens with zero attached hydrogens (tertiary/aromatic N) is 5. The Balaban J connectivity index is 0.000000392. The summed E-state index contributed by atoms with van der Waals surface area (Å²) in [5, 5.41) is 16.3. The summed E-state index contributed by atoms with van der Waals surface area (Å²) in [5.74, 6) is -0.722. The normalized spacial score (nSPS) is 17.9. The van der Waals surface area contributed by atoms with E-state index in [2.05, 4.69) is 24.9 Å². The Morgan fingerprint density at radius 3 is 2.31 bits per heavy atom. The number of nitrogens with two attached hydrogens (primary N) is 1. The zero-order valence-electron chi connectivity index (χ0n) is 20.7. The van der Waals surface area contributed by atoms with Crippen LogP contribution in [0.5, 0.6) is 11.5 Å². The average Bonchev–Trinajstić information content (AvgIpc) is 3.50. The number of aromatic nitrogens is 4. The summed E-state index contributed by atoms with van der Waals surface area (Å²) in [6, 6.07) is 18.6. The van der Waals surface area contributed by atoms with E-state index in [1.807, 2.05) is 54.6 Å². The molecule has 0 radical (unpaired) electrons. The van der Waals surface area contributed by atoms with Crippen LogP contribution in [0.4, 0.5) is 19.0 Å². The lowest BCUT2D eigenvalue weighted by Crippen LogP contribution is -2.56. The molecule has 1 atom stereocenters. The van der Waals surface area contributed by atoms with Crippen LogP contribution in [-0.2, 0) is 4.79 Å².